The van der Waals surface area contributed by atoms with E-state index in [1.54, 1.807) is 35.2 Å². The maximum Gasteiger partial charge on any atom is 0.243 e. The molecule has 4 aromatic rings. The molecule has 2 aromatic heterocycles. The van der Waals surface area contributed by atoms with Gasteiger partial charge < -0.3 is 14.2 Å². The number of nitrogens with one attached hydrogen (secondary N) is 1. The lowest BCUT2D eigenvalue weighted by Gasteiger charge is -2.23. The summed E-state index contributed by atoms with van der Waals surface area (Å²) in [6.07, 6.45) is 2.68. The standard InChI is InChI=1S/C26H30N6O5S/c1-17-15-27-25(28-16-17)24(37-5)18(2)38(33,34)31-26-30-29-22(14-19-10-7-6-8-11-19)32(26)23-20(35-3)12-9-13-21(23)36-4/h6-13,15-16,18,24H,14H2,1-5H3,(H,30,31). The highest BCUT2D eigenvalue weighted by Crippen LogP contribution is 2.36. The number of benzene rings is 2. The first kappa shape index (κ1) is 27.0. The zero-order chi connectivity index (χ0) is 27.3. The fraction of sp³-hybridized carbons (Fsp3) is 0.308. The highest BCUT2D eigenvalue weighted by Gasteiger charge is 2.35. The molecule has 0 saturated heterocycles. The third kappa shape index (κ3) is 5.60. The largest absolute Gasteiger partial charge is 0.494 e. The molecule has 0 aliphatic heterocycles. The fourth-order valence-corrected chi connectivity index (χ4v) is 5.13. The van der Waals surface area contributed by atoms with Crippen LogP contribution in [-0.4, -0.2) is 59.7 Å². The molecule has 0 aliphatic carbocycles. The smallest absolute Gasteiger partial charge is 0.243 e. The van der Waals surface area contributed by atoms with Crippen molar-refractivity contribution in [1.29, 1.82) is 0 Å². The number of hydrogen-bond donors (Lipinski definition) is 1. The number of aromatic nitrogens is 5. The summed E-state index contributed by atoms with van der Waals surface area (Å²) in [5.41, 5.74) is 2.28. The summed E-state index contributed by atoms with van der Waals surface area (Å²) >= 11 is 0. The van der Waals surface area contributed by atoms with Crippen molar-refractivity contribution in [3.8, 4) is 17.2 Å². The Balaban J connectivity index is 1.79. The van der Waals surface area contributed by atoms with Gasteiger partial charge in [0.1, 0.15) is 34.4 Å². The van der Waals surface area contributed by atoms with E-state index in [0.29, 0.717) is 29.4 Å². The van der Waals surface area contributed by atoms with Gasteiger partial charge in [0, 0.05) is 25.9 Å². The molecule has 2 unspecified atom stereocenters. The molecular formula is C26H30N6O5S. The third-order valence-corrected chi connectivity index (χ3v) is 7.71. The molecule has 4 rings (SSSR count). The molecular weight excluding hydrogens is 508 g/mol. The molecule has 12 heteroatoms. The van der Waals surface area contributed by atoms with Crippen molar-refractivity contribution in [2.75, 3.05) is 26.1 Å². The Morgan fingerprint density at radius 1 is 0.921 bits per heavy atom. The molecule has 200 valence electrons. The van der Waals surface area contributed by atoms with E-state index in [2.05, 4.69) is 24.9 Å². The molecule has 2 atom stereocenters. The molecule has 0 fully saturated rings. The zero-order valence-corrected chi connectivity index (χ0v) is 22.6. The van der Waals surface area contributed by atoms with Crippen molar-refractivity contribution in [3.63, 3.8) is 0 Å². The second-order valence-corrected chi connectivity index (χ2v) is 10.6. The molecule has 0 amide bonds. The van der Waals surface area contributed by atoms with E-state index in [-0.39, 0.29) is 11.8 Å². The molecule has 1 N–H and O–H groups in total. The first-order chi connectivity index (χ1) is 18.3. The van der Waals surface area contributed by atoms with Gasteiger partial charge in [-0.2, -0.15) is 0 Å². The second kappa shape index (κ2) is 11.6. The van der Waals surface area contributed by atoms with Gasteiger partial charge >= 0.3 is 0 Å². The van der Waals surface area contributed by atoms with Gasteiger partial charge in [0.25, 0.3) is 0 Å². The number of aryl methyl sites for hydroxylation is 1. The van der Waals surface area contributed by atoms with E-state index in [1.165, 1.54) is 28.3 Å². The highest BCUT2D eigenvalue weighted by atomic mass is 32.2. The van der Waals surface area contributed by atoms with Crippen LogP contribution >= 0.6 is 0 Å². The van der Waals surface area contributed by atoms with Gasteiger partial charge in [0.05, 0.1) is 14.2 Å². The van der Waals surface area contributed by atoms with Gasteiger partial charge in [-0.1, -0.05) is 36.4 Å². The molecule has 38 heavy (non-hydrogen) atoms. The minimum atomic E-state index is -4.07. The van der Waals surface area contributed by atoms with Crippen molar-refractivity contribution in [1.82, 2.24) is 24.7 Å². The first-order valence-electron chi connectivity index (χ1n) is 11.8. The number of nitrogens with zero attached hydrogens (tertiary/aromatic N) is 5. The van der Waals surface area contributed by atoms with Gasteiger partial charge in [-0.25, -0.2) is 18.4 Å². The Hall–Kier alpha value is -4.03. The van der Waals surface area contributed by atoms with Gasteiger partial charge in [-0.05, 0) is 37.1 Å². The van der Waals surface area contributed by atoms with Gasteiger partial charge in [0.2, 0.25) is 16.0 Å². The number of sulfonamides is 1. The van der Waals surface area contributed by atoms with E-state index in [4.69, 9.17) is 14.2 Å². The van der Waals surface area contributed by atoms with Crippen LogP contribution in [0.25, 0.3) is 5.69 Å². The number of hydrogen-bond acceptors (Lipinski definition) is 9. The van der Waals surface area contributed by atoms with E-state index >= 15 is 0 Å². The molecule has 0 spiro atoms. The van der Waals surface area contributed by atoms with Gasteiger partial charge in [-0.3, -0.25) is 9.29 Å². The summed E-state index contributed by atoms with van der Waals surface area (Å²) in [6, 6.07) is 14.9. The maximum atomic E-state index is 13.6. The van der Waals surface area contributed by atoms with Gasteiger partial charge in [-0.15, -0.1) is 10.2 Å². The lowest BCUT2D eigenvalue weighted by atomic mass is 10.1. The number of para-hydroxylation sites is 1. The van der Waals surface area contributed by atoms with Crippen LogP contribution in [0.1, 0.15) is 35.8 Å². The van der Waals surface area contributed by atoms with Crippen LogP contribution in [-0.2, 0) is 21.2 Å². The highest BCUT2D eigenvalue weighted by molar-refractivity contribution is 7.93. The molecule has 0 saturated carbocycles. The normalized spacial score (nSPS) is 13.1. The Morgan fingerprint density at radius 2 is 1.55 bits per heavy atom. The SMILES string of the molecule is COc1cccc(OC)c1-n1c(Cc2ccccc2)nnc1NS(=O)(=O)C(C)C(OC)c1ncc(C)cn1. The minimum Gasteiger partial charge on any atom is -0.494 e. The van der Waals surface area contributed by atoms with Crippen LogP contribution in [0.3, 0.4) is 0 Å². The van der Waals surface area contributed by atoms with Crippen molar-refractivity contribution in [2.24, 2.45) is 0 Å². The molecule has 0 aliphatic rings. The Kier molecular flexibility index (Phi) is 8.23. The lowest BCUT2D eigenvalue weighted by Crippen LogP contribution is -2.33. The van der Waals surface area contributed by atoms with E-state index < -0.39 is 21.4 Å². The number of rotatable bonds is 11. The molecule has 11 nitrogen and oxygen atoms in total. The first-order valence-corrected chi connectivity index (χ1v) is 13.4. The van der Waals surface area contributed by atoms with Crippen LogP contribution in [0, 0.1) is 6.92 Å². The minimum absolute atomic E-state index is 0.0229. The second-order valence-electron chi connectivity index (χ2n) is 8.58. The van der Waals surface area contributed by atoms with Crippen LogP contribution in [0.15, 0.2) is 60.9 Å². The van der Waals surface area contributed by atoms with Crippen LogP contribution in [0.2, 0.25) is 0 Å². The summed E-state index contributed by atoms with van der Waals surface area (Å²) in [5, 5.41) is 7.48. The molecule has 2 heterocycles. The van der Waals surface area contributed by atoms with E-state index in [1.807, 2.05) is 37.3 Å². The van der Waals surface area contributed by atoms with Crippen molar-refractivity contribution in [3.05, 3.63) is 83.7 Å². The van der Waals surface area contributed by atoms with Crippen LogP contribution < -0.4 is 14.2 Å². The summed E-state index contributed by atoms with van der Waals surface area (Å²) in [6.45, 7) is 3.37. The van der Waals surface area contributed by atoms with Crippen LogP contribution in [0.5, 0.6) is 11.5 Å². The molecule has 0 bridgehead atoms. The third-order valence-electron chi connectivity index (χ3n) is 6.02. The summed E-state index contributed by atoms with van der Waals surface area (Å²) in [7, 11) is 0.393. The van der Waals surface area contributed by atoms with Crippen molar-refractivity contribution >= 4 is 16.0 Å². The van der Waals surface area contributed by atoms with Gasteiger partial charge in [0.15, 0.2) is 5.82 Å². The summed E-state index contributed by atoms with van der Waals surface area (Å²) in [5.74, 6) is 1.62. The van der Waals surface area contributed by atoms with E-state index in [9.17, 15) is 8.42 Å². The topological polar surface area (TPSA) is 130 Å². The predicted molar refractivity (Wildman–Crippen MR) is 142 cm³/mol. The van der Waals surface area contributed by atoms with Crippen molar-refractivity contribution < 1.29 is 22.6 Å². The Labute approximate surface area is 221 Å². The van der Waals surface area contributed by atoms with Crippen molar-refractivity contribution in [2.45, 2.75) is 31.6 Å². The molecule has 2 aromatic carbocycles. The van der Waals surface area contributed by atoms with Crippen LogP contribution in [0.4, 0.5) is 5.95 Å². The fourth-order valence-electron chi connectivity index (χ4n) is 4.00. The Morgan fingerprint density at radius 3 is 2.13 bits per heavy atom. The lowest BCUT2D eigenvalue weighted by molar-refractivity contribution is 0.0949. The average molecular weight is 539 g/mol. The Bertz CT molecular complexity index is 1450. The summed E-state index contributed by atoms with van der Waals surface area (Å²) in [4.78, 5) is 8.52. The quantitative estimate of drug-likeness (QED) is 0.305. The predicted octanol–water partition coefficient (Wildman–Crippen LogP) is 3.49. The summed E-state index contributed by atoms with van der Waals surface area (Å²) < 4.78 is 48.1. The zero-order valence-electron chi connectivity index (χ0n) is 21.8. The average Bonchev–Trinajstić information content (AvgIpc) is 3.30. The number of anilines is 1. The molecule has 0 radical (unpaired) electrons. The number of methoxy groups -OCH3 is 3. The monoisotopic (exact) mass is 538 g/mol. The maximum absolute atomic E-state index is 13.6. The number of ether oxygens (including phenoxy) is 3. The van der Waals surface area contributed by atoms with E-state index in [0.717, 1.165) is 11.1 Å².